The first kappa shape index (κ1) is 17.9. The SMILES string of the molecule is Cc1ccc(-c2ncc(N3CCCCCC3)nc2-c2ccncc2Cl)cc1. The van der Waals surface area contributed by atoms with Crippen LogP contribution in [0, 0.1) is 6.92 Å². The average Bonchev–Trinajstić information content (AvgIpc) is 2.98. The molecule has 2 aromatic heterocycles. The zero-order chi connectivity index (χ0) is 18.6. The second kappa shape index (κ2) is 8.05. The molecule has 1 aliphatic heterocycles. The van der Waals surface area contributed by atoms with Crippen LogP contribution in [0.25, 0.3) is 22.5 Å². The molecular formula is C22H23ClN4. The normalized spacial score (nSPS) is 14.8. The third kappa shape index (κ3) is 3.96. The molecule has 0 bridgehead atoms. The van der Waals surface area contributed by atoms with Crippen molar-refractivity contribution >= 4 is 17.4 Å². The highest BCUT2D eigenvalue weighted by Gasteiger charge is 2.18. The fourth-order valence-corrected chi connectivity index (χ4v) is 3.72. The van der Waals surface area contributed by atoms with Crippen molar-refractivity contribution in [3.8, 4) is 22.5 Å². The number of pyridine rings is 1. The minimum Gasteiger partial charge on any atom is -0.355 e. The minimum atomic E-state index is 0.591. The predicted molar refractivity (Wildman–Crippen MR) is 111 cm³/mol. The van der Waals surface area contributed by atoms with E-state index in [0.717, 1.165) is 41.4 Å². The lowest BCUT2D eigenvalue weighted by Gasteiger charge is -2.22. The summed E-state index contributed by atoms with van der Waals surface area (Å²) in [4.78, 5) is 16.3. The van der Waals surface area contributed by atoms with Crippen LogP contribution >= 0.6 is 11.6 Å². The van der Waals surface area contributed by atoms with E-state index in [1.165, 1.54) is 31.2 Å². The number of benzene rings is 1. The van der Waals surface area contributed by atoms with Gasteiger partial charge in [-0.2, -0.15) is 0 Å². The van der Waals surface area contributed by atoms with E-state index in [9.17, 15) is 0 Å². The van der Waals surface area contributed by atoms with E-state index in [1.807, 2.05) is 12.3 Å². The molecule has 0 radical (unpaired) electrons. The van der Waals surface area contributed by atoms with Crippen molar-refractivity contribution in [1.82, 2.24) is 15.0 Å². The van der Waals surface area contributed by atoms with Crippen molar-refractivity contribution < 1.29 is 0 Å². The zero-order valence-electron chi connectivity index (χ0n) is 15.5. The molecule has 0 aliphatic carbocycles. The standard InChI is InChI=1S/C22H23ClN4/c1-16-6-8-17(9-7-16)21-22(18-10-11-24-14-19(18)23)26-20(15-25-21)27-12-4-2-3-5-13-27/h6-11,14-15H,2-5,12-13H2,1H3. The summed E-state index contributed by atoms with van der Waals surface area (Å²) >= 11 is 6.46. The van der Waals surface area contributed by atoms with Gasteiger partial charge in [-0.05, 0) is 25.8 Å². The Labute approximate surface area is 165 Å². The predicted octanol–water partition coefficient (Wildman–Crippen LogP) is 5.55. The Balaban J connectivity index is 1.83. The van der Waals surface area contributed by atoms with Crippen LogP contribution in [-0.2, 0) is 0 Å². The Hall–Kier alpha value is -2.46. The van der Waals surface area contributed by atoms with Crippen LogP contribution < -0.4 is 4.90 Å². The van der Waals surface area contributed by atoms with Crippen molar-refractivity contribution in [3.05, 3.63) is 59.5 Å². The van der Waals surface area contributed by atoms with E-state index in [1.54, 1.807) is 12.4 Å². The van der Waals surface area contributed by atoms with Gasteiger partial charge in [0.15, 0.2) is 0 Å². The van der Waals surface area contributed by atoms with Crippen LogP contribution in [0.1, 0.15) is 31.2 Å². The summed E-state index contributed by atoms with van der Waals surface area (Å²) in [5, 5.41) is 0.591. The molecule has 0 N–H and O–H groups in total. The van der Waals surface area contributed by atoms with E-state index in [-0.39, 0.29) is 0 Å². The van der Waals surface area contributed by atoms with Gasteiger partial charge < -0.3 is 4.90 Å². The average molecular weight is 379 g/mol. The van der Waals surface area contributed by atoms with Crippen molar-refractivity contribution in [2.24, 2.45) is 0 Å². The van der Waals surface area contributed by atoms with E-state index < -0.39 is 0 Å². The Kier molecular flexibility index (Phi) is 5.35. The van der Waals surface area contributed by atoms with E-state index >= 15 is 0 Å². The third-order valence-corrected chi connectivity index (χ3v) is 5.34. The molecule has 0 atom stereocenters. The minimum absolute atomic E-state index is 0.591. The van der Waals surface area contributed by atoms with Gasteiger partial charge in [0.05, 0.1) is 16.9 Å². The van der Waals surface area contributed by atoms with Crippen molar-refractivity contribution in [2.45, 2.75) is 32.6 Å². The molecule has 0 saturated carbocycles. The van der Waals surface area contributed by atoms with Crippen molar-refractivity contribution in [1.29, 1.82) is 0 Å². The molecule has 0 spiro atoms. The molecule has 1 fully saturated rings. The fraction of sp³-hybridized carbons (Fsp3) is 0.318. The fourth-order valence-electron chi connectivity index (χ4n) is 3.51. The lowest BCUT2D eigenvalue weighted by molar-refractivity contribution is 0.726. The number of aryl methyl sites for hydroxylation is 1. The van der Waals surface area contributed by atoms with E-state index in [4.69, 9.17) is 21.6 Å². The van der Waals surface area contributed by atoms with Crippen LogP contribution in [0.5, 0.6) is 0 Å². The highest BCUT2D eigenvalue weighted by Crippen LogP contribution is 2.34. The van der Waals surface area contributed by atoms with E-state index in [0.29, 0.717) is 5.02 Å². The number of halogens is 1. The molecular weight excluding hydrogens is 356 g/mol. The lowest BCUT2D eigenvalue weighted by Crippen LogP contribution is -2.25. The maximum atomic E-state index is 6.46. The second-order valence-electron chi connectivity index (χ2n) is 7.05. The van der Waals surface area contributed by atoms with Gasteiger partial charge in [-0.3, -0.25) is 9.97 Å². The summed E-state index contributed by atoms with van der Waals surface area (Å²) < 4.78 is 0. The van der Waals surface area contributed by atoms with Gasteiger partial charge in [0.1, 0.15) is 11.5 Å². The van der Waals surface area contributed by atoms with Crippen LogP contribution in [0.15, 0.2) is 48.9 Å². The second-order valence-corrected chi connectivity index (χ2v) is 7.46. The van der Waals surface area contributed by atoms with Crippen LogP contribution in [-0.4, -0.2) is 28.0 Å². The Bertz CT molecular complexity index is 916. The molecule has 1 aromatic carbocycles. The summed E-state index contributed by atoms with van der Waals surface area (Å²) in [5.41, 5.74) is 4.79. The van der Waals surface area contributed by atoms with Crippen LogP contribution in [0.3, 0.4) is 0 Å². The van der Waals surface area contributed by atoms with Gasteiger partial charge in [-0.25, -0.2) is 4.98 Å². The Morgan fingerprint density at radius 1 is 0.889 bits per heavy atom. The van der Waals surface area contributed by atoms with Crippen molar-refractivity contribution in [3.63, 3.8) is 0 Å². The summed E-state index contributed by atoms with van der Waals surface area (Å²) in [7, 11) is 0. The molecule has 5 heteroatoms. The first-order valence-electron chi connectivity index (χ1n) is 9.51. The number of aromatic nitrogens is 3. The summed E-state index contributed by atoms with van der Waals surface area (Å²) in [5.74, 6) is 0.927. The molecule has 3 heterocycles. The Morgan fingerprint density at radius 3 is 2.33 bits per heavy atom. The first-order valence-corrected chi connectivity index (χ1v) is 9.89. The highest BCUT2D eigenvalue weighted by atomic mass is 35.5. The molecule has 138 valence electrons. The summed E-state index contributed by atoms with van der Waals surface area (Å²) in [6.07, 6.45) is 10.3. The number of nitrogens with zero attached hydrogens (tertiary/aromatic N) is 4. The van der Waals surface area contributed by atoms with Gasteiger partial charge in [0.25, 0.3) is 0 Å². The van der Waals surface area contributed by atoms with Gasteiger partial charge in [-0.1, -0.05) is 54.3 Å². The quantitative estimate of drug-likeness (QED) is 0.599. The molecule has 0 unspecified atom stereocenters. The first-order chi connectivity index (χ1) is 13.2. The summed E-state index contributed by atoms with van der Waals surface area (Å²) in [6.45, 7) is 4.14. The monoisotopic (exact) mass is 378 g/mol. The Morgan fingerprint density at radius 2 is 1.63 bits per heavy atom. The topological polar surface area (TPSA) is 41.9 Å². The number of hydrogen-bond acceptors (Lipinski definition) is 4. The number of anilines is 1. The van der Waals surface area contributed by atoms with Crippen molar-refractivity contribution in [2.75, 3.05) is 18.0 Å². The lowest BCUT2D eigenvalue weighted by atomic mass is 10.0. The van der Waals surface area contributed by atoms with Gasteiger partial charge >= 0.3 is 0 Å². The van der Waals surface area contributed by atoms with Crippen LogP contribution in [0.2, 0.25) is 5.02 Å². The van der Waals surface area contributed by atoms with Gasteiger partial charge in [0, 0.05) is 36.6 Å². The molecule has 3 aromatic rings. The molecule has 27 heavy (non-hydrogen) atoms. The molecule has 1 saturated heterocycles. The molecule has 1 aliphatic rings. The van der Waals surface area contributed by atoms with E-state index in [2.05, 4.69) is 41.1 Å². The number of hydrogen-bond donors (Lipinski definition) is 0. The van der Waals surface area contributed by atoms with Gasteiger partial charge in [-0.15, -0.1) is 0 Å². The molecule has 4 rings (SSSR count). The molecule has 0 amide bonds. The zero-order valence-corrected chi connectivity index (χ0v) is 16.3. The van der Waals surface area contributed by atoms with Crippen LogP contribution in [0.4, 0.5) is 5.82 Å². The van der Waals surface area contributed by atoms with Gasteiger partial charge in [0.2, 0.25) is 0 Å². The maximum Gasteiger partial charge on any atom is 0.147 e. The largest absolute Gasteiger partial charge is 0.355 e. The summed E-state index contributed by atoms with van der Waals surface area (Å²) in [6, 6.07) is 10.3. The highest BCUT2D eigenvalue weighted by molar-refractivity contribution is 6.33. The third-order valence-electron chi connectivity index (χ3n) is 5.04. The smallest absolute Gasteiger partial charge is 0.147 e. The maximum absolute atomic E-state index is 6.46. The number of rotatable bonds is 3. The molecule has 4 nitrogen and oxygen atoms in total.